The topological polar surface area (TPSA) is 81.7 Å². The van der Waals surface area contributed by atoms with Crippen molar-refractivity contribution < 1.29 is 28.2 Å². The van der Waals surface area contributed by atoms with E-state index in [1.807, 2.05) is 5.38 Å². The number of thiophene rings is 1. The predicted molar refractivity (Wildman–Crippen MR) is 107 cm³/mol. The van der Waals surface area contributed by atoms with Crippen LogP contribution in [-0.2, 0) is 19.1 Å². The monoisotopic (exact) mass is 417 g/mol. The van der Waals surface area contributed by atoms with Gasteiger partial charge in [0.15, 0.2) is 6.61 Å². The molecule has 1 aliphatic carbocycles. The van der Waals surface area contributed by atoms with Crippen molar-refractivity contribution in [2.24, 2.45) is 0 Å². The normalized spacial score (nSPS) is 13.3. The number of anilines is 1. The number of carbonyl (C=O) groups is 3. The van der Waals surface area contributed by atoms with Gasteiger partial charge in [0.05, 0.1) is 12.2 Å². The Morgan fingerprint density at radius 3 is 2.59 bits per heavy atom. The van der Waals surface area contributed by atoms with E-state index in [2.05, 4.69) is 5.32 Å². The molecule has 0 radical (unpaired) electrons. The van der Waals surface area contributed by atoms with E-state index in [4.69, 9.17) is 9.47 Å². The van der Waals surface area contributed by atoms with Gasteiger partial charge in [0.2, 0.25) is 0 Å². The molecule has 0 atom stereocenters. The van der Waals surface area contributed by atoms with Crippen molar-refractivity contribution in [1.29, 1.82) is 0 Å². The molecular weight excluding hydrogens is 397 g/mol. The lowest BCUT2D eigenvalue weighted by molar-refractivity contribution is -0.142. The first-order chi connectivity index (χ1) is 14.0. The predicted octanol–water partition coefficient (Wildman–Crippen LogP) is 4.14. The number of benzene rings is 1. The summed E-state index contributed by atoms with van der Waals surface area (Å²) in [5.74, 6) is -1.78. The molecule has 1 fully saturated rings. The summed E-state index contributed by atoms with van der Waals surface area (Å²) in [6.45, 7) is 1.47. The van der Waals surface area contributed by atoms with Crippen LogP contribution in [0.5, 0.6) is 0 Å². The minimum atomic E-state index is -0.708. The van der Waals surface area contributed by atoms with Crippen molar-refractivity contribution in [3.63, 3.8) is 0 Å². The van der Waals surface area contributed by atoms with E-state index in [0.29, 0.717) is 22.0 Å². The van der Waals surface area contributed by atoms with Gasteiger partial charge in [-0.3, -0.25) is 4.79 Å². The molecule has 0 unspecified atom stereocenters. The Morgan fingerprint density at radius 2 is 1.93 bits per heavy atom. The maximum absolute atomic E-state index is 12.9. The first kappa shape index (κ1) is 20.7. The van der Waals surface area contributed by atoms with Crippen LogP contribution in [0.3, 0.4) is 0 Å². The van der Waals surface area contributed by atoms with Crippen LogP contribution in [-0.4, -0.2) is 31.1 Å². The first-order valence-electron chi connectivity index (χ1n) is 9.16. The quantitative estimate of drug-likeness (QED) is 0.516. The van der Waals surface area contributed by atoms with Crippen LogP contribution in [0.15, 0.2) is 35.7 Å². The molecule has 8 heteroatoms. The largest absolute Gasteiger partial charge is 0.462 e. The fourth-order valence-corrected chi connectivity index (χ4v) is 3.70. The lowest BCUT2D eigenvalue weighted by atomic mass is 10.1. The highest BCUT2D eigenvalue weighted by molar-refractivity contribution is 7.15. The number of hydrogen-bond acceptors (Lipinski definition) is 6. The first-order valence-corrected chi connectivity index (χ1v) is 10.0. The van der Waals surface area contributed by atoms with E-state index in [1.54, 1.807) is 6.92 Å². The Labute approximate surface area is 171 Å². The van der Waals surface area contributed by atoms with E-state index in [1.165, 1.54) is 41.7 Å². The smallest absolute Gasteiger partial charge is 0.341 e. The van der Waals surface area contributed by atoms with Gasteiger partial charge in [-0.2, -0.15) is 0 Å². The number of hydrogen-bond donors (Lipinski definition) is 1. The molecule has 152 valence electrons. The van der Waals surface area contributed by atoms with Crippen molar-refractivity contribution in [3.05, 3.63) is 58.2 Å². The second-order valence-electron chi connectivity index (χ2n) is 6.43. The number of esters is 2. The SMILES string of the molecule is CCOC(=O)c1c(C2CC2)csc1NC(=O)COC(=O)/C=C/c1ccc(F)cc1. The van der Waals surface area contributed by atoms with Gasteiger partial charge in [0.25, 0.3) is 5.91 Å². The second-order valence-corrected chi connectivity index (χ2v) is 7.31. The van der Waals surface area contributed by atoms with Crippen LogP contribution < -0.4 is 5.32 Å². The zero-order valence-corrected chi connectivity index (χ0v) is 16.6. The van der Waals surface area contributed by atoms with Gasteiger partial charge in [-0.1, -0.05) is 12.1 Å². The van der Waals surface area contributed by atoms with Gasteiger partial charge in [-0.15, -0.1) is 11.3 Å². The Morgan fingerprint density at radius 1 is 1.21 bits per heavy atom. The van der Waals surface area contributed by atoms with E-state index >= 15 is 0 Å². The number of ether oxygens (including phenoxy) is 2. The van der Waals surface area contributed by atoms with Gasteiger partial charge in [-0.05, 0) is 60.4 Å². The standard InChI is InChI=1S/C21H20FNO5S/c1-2-27-21(26)19-16(14-6-7-14)12-29-20(19)23-17(24)11-28-18(25)10-5-13-3-8-15(22)9-4-13/h3-5,8-10,12,14H,2,6-7,11H2,1H3,(H,23,24)/b10-5+. The molecule has 1 amide bonds. The summed E-state index contributed by atoms with van der Waals surface area (Å²) >= 11 is 1.25. The molecule has 1 aromatic carbocycles. The van der Waals surface area contributed by atoms with Crippen LogP contribution in [0.2, 0.25) is 0 Å². The van der Waals surface area contributed by atoms with Crippen molar-refractivity contribution in [3.8, 4) is 0 Å². The van der Waals surface area contributed by atoms with E-state index < -0.39 is 24.5 Å². The molecule has 29 heavy (non-hydrogen) atoms. The molecule has 6 nitrogen and oxygen atoms in total. The summed E-state index contributed by atoms with van der Waals surface area (Å²) in [7, 11) is 0. The zero-order valence-electron chi connectivity index (χ0n) is 15.8. The van der Waals surface area contributed by atoms with Gasteiger partial charge in [-0.25, -0.2) is 14.0 Å². The molecule has 0 aliphatic heterocycles. The third-order valence-electron chi connectivity index (χ3n) is 4.20. The summed E-state index contributed by atoms with van der Waals surface area (Å²) in [4.78, 5) is 36.2. The average molecular weight is 417 g/mol. The Balaban J connectivity index is 1.56. The van der Waals surface area contributed by atoms with Crippen LogP contribution >= 0.6 is 11.3 Å². The van der Waals surface area contributed by atoms with Gasteiger partial charge in [0.1, 0.15) is 10.8 Å². The molecule has 1 saturated carbocycles. The average Bonchev–Trinajstić information content (AvgIpc) is 3.46. The summed E-state index contributed by atoms with van der Waals surface area (Å²) in [6, 6.07) is 5.57. The van der Waals surface area contributed by atoms with E-state index in [-0.39, 0.29) is 12.4 Å². The summed E-state index contributed by atoms with van der Waals surface area (Å²) in [5.41, 5.74) is 1.90. The summed E-state index contributed by atoms with van der Waals surface area (Å²) < 4.78 is 22.9. The van der Waals surface area contributed by atoms with E-state index in [9.17, 15) is 18.8 Å². The summed E-state index contributed by atoms with van der Waals surface area (Å²) in [5, 5.41) is 4.88. The van der Waals surface area contributed by atoms with Crippen LogP contribution in [0.4, 0.5) is 9.39 Å². The van der Waals surface area contributed by atoms with Crippen molar-refractivity contribution in [2.45, 2.75) is 25.7 Å². The van der Waals surface area contributed by atoms with E-state index in [0.717, 1.165) is 24.5 Å². The molecule has 0 spiro atoms. The maximum Gasteiger partial charge on any atom is 0.341 e. The van der Waals surface area contributed by atoms with Gasteiger partial charge < -0.3 is 14.8 Å². The third kappa shape index (κ3) is 5.74. The third-order valence-corrected chi connectivity index (χ3v) is 5.11. The second kappa shape index (κ2) is 9.47. The van der Waals surface area contributed by atoms with Crippen LogP contribution in [0.1, 0.15) is 47.2 Å². The highest BCUT2D eigenvalue weighted by Gasteiger charge is 2.32. The molecule has 1 heterocycles. The fraction of sp³-hybridized carbons (Fsp3) is 0.286. The highest BCUT2D eigenvalue weighted by atomic mass is 32.1. The van der Waals surface area contributed by atoms with Gasteiger partial charge >= 0.3 is 11.9 Å². The highest BCUT2D eigenvalue weighted by Crippen LogP contribution is 2.46. The minimum absolute atomic E-state index is 0.240. The maximum atomic E-state index is 12.9. The number of rotatable bonds is 8. The molecular formula is C21H20FNO5S. The number of carbonyl (C=O) groups excluding carboxylic acids is 3. The lowest BCUT2D eigenvalue weighted by Crippen LogP contribution is -2.21. The Bertz CT molecular complexity index is 931. The molecule has 0 saturated heterocycles. The molecule has 2 aromatic rings. The van der Waals surface area contributed by atoms with Crippen molar-refractivity contribution in [1.82, 2.24) is 0 Å². The fourth-order valence-electron chi connectivity index (χ4n) is 2.66. The van der Waals surface area contributed by atoms with Crippen LogP contribution in [0, 0.1) is 5.82 Å². The van der Waals surface area contributed by atoms with Crippen LogP contribution in [0.25, 0.3) is 6.08 Å². The molecule has 1 aromatic heterocycles. The number of nitrogens with one attached hydrogen (secondary N) is 1. The molecule has 1 N–H and O–H groups in total. The minimum Gasteiger partial charge on any atom is -0.462 e. The van der Waals surface area contributed by atoms with Crippen molar-refractivity contribution in [2.75, 3.05) is 18.5 Å². The zero-order chi connectivity index (χ0) is 20.8. The Hall–Kier alpha value is -3.00. The Kier molecular flexibility index (Phi) is 6.77. The number of amides is 1. The molecule has 0 bridgehead atoms. The molecule has 1 aliphatic rings. The lowest BCUT2D eigenvalue weighted by Gasteiger charge is -2.08. The summed E-state index contributed by atoms with van der Waals surface area (Å²) in [6.07, 6.45) is 4.63. The van der Waals surface area contributed by atoms with Crippen molar-refractivity contribution >= 4 is 40.3 Å². The van der Waals surface area contributed by atoms with Gasteiger partial charge in [0, 0.05) is 6.08 Å². The molecule has 3 rings (SSSR count). The number of halogens is 1.